The van der Waals surface area contributed by atoms with Crippen LogP contribution in [-0.2, 0) is 4.74 Å². The lowest BCUT2D eigenvalue weighted by Gasteiger charge is -2.23. The standard InChI is InChI=1S/C9H13BrN4O/c10-7-4-8(11)14-9(13-7)12-6-2-1-3-15-5-6/h4,6H,1-3,5H2,(H3,11,12,13,14). The molecule has 1 aromatic heterocycles. The number of aromatic nitrogens is 2. The van der Waals surface area contributed by atoms with Gasteiger partial charge in [-0.25, -0.2) is 4.98 Å². The predicted octanol–water partition coefficient (Wildman–Crippen LogP) is 1.41. The van der Waals surface area contributed by atoms with Crippen molar-refractivity contribution in [1.82, 2.24) is 9.97 Å². The lowest BCUT2D eigenvalue weighted by atomic mass is 10.1. The maximum Gasteiger partial charge on any atom is 0.226 e. The number of halogens is 1. The fraction of sp³-hybridized carbons (Fsp3) is 0.556. The van der Waals surface area contributed by atoms with Crippen LogP contribution in [0, 0.1) is 0 Å². The van der Waals surface area contributed by atoms with E-state index in [1.807, 2.05) is 0 Å². The molecule has 15 heavy (non-hydrogen) atoms. The lowest BCUT2D eigenvalue weighted by Crippen LogP contribution is -2.30. The van der Waals surface area contributed by atoms with E-state index in [9.17, 15) is 0 Å². The van der Waals surface area contributed by atoms with Crippen LogP contribution >= 0.6 is 15.9 Å². The lowest BCUT2D eigenvalue weighted by molar-refractivity contribution is 0.0874. The average Bonchev–Trinajstić information content (AvgIpc) is 2.17. The number of nitrogens with zero attached hydrogens (tertiary/aromatic N) is 2. The van der Waals surface area contributed by atoms with Gasteiger partial charge in [0, 0.05) is 12.7 Å². The van der Waals surface area contributed by atoms with Crippen LogP contribution in [0.5, 0.6) is 0 Å². The minimum atomic E-state index is 0.285. The normalized spacial score (nSPS) is 21.3. The van der Waals surface area contributed by atoms with Gasteiger partial charge in [0.05, 0.1) is 12.6 Å². The molecule has 0 aliphatic carbocycles. The summed E-state index contributed by atoms with van der Waals surface area (Å²) in [6.45, 7) is 1.55. The summed E-state index contributed by atoms with van der Waals surface area (Å²) in [5.74, 6) is 1.01. The predicted molar refractivity (Wildman–Crippen MR) is 61.6 cm³/mol. The number of hydrogen-bond donors (Lipinski definition) is 2. The molecule has 2 heterocycles. The van der Waals surface area contributed by atoms with E-state index < -0.39 is 0 Å². The molecule has 1 aliphatic heterocycles. The Morgan fingerprint density at radius 2 is 2.40 bits per heavy atom. The number of rotatable bonds is 2. The highest BCUT2D eigenvalue weighted by Crippen LogP contribution is 2.15. The zero-order valence-corrected chi connectivity index (χ0v) is 9.83. The first kappa shape index (κ1) is 10.6. The maximum absolute atomic E-state index is 5.61. The number of ether oxygens (including phenoxy) is 1. The van der Waals surface area contributed by atoms with Crippen molar-refractivity contribution in [2.75, 3.05) is 24.3 Å². The first-order valence-electron chi connectivity index (χ1n) is 4.88. The highest BCUT2D eigenvalue weighted by atomic mass is 79.9. The molecular weight excluding hydrogens is 260 g/mol. The molecule has 1 atom stereocenters. The van der Waals surface area contributed by atoms with Crippen molar-refractivity contribution in [2.45, 2.75) is 18.9 Å². The Bertz CT molecular complexity index is 321. The van der Waals surface area contributed by atoms with Gasteiger partial charge < -0.3 is 15.8 Å². The van der Waals surface area contributed by atoms with Gasteiger partial charge in [0.15, 0.2) is 0 Å². The van der Waals surface area contributed by atoms with Gasteiger partial charge in [0.1, 0.15) is 10.4 Å². The first-order chi connectivity index (χ1) is 7.24. The number of nitrogen functional groups attached to an aromatic ring is 1. The van der Waals surface area contributed by atoms with Gasteiger partial charge >= 0.3 is 0 Å². The Balaban J connectivity index is 2.02. The van der Waals surface area contributed by atoms with Gasteiger partial charge in [-0.3, -0.25) is 0 Å². The minimum absolute atomic E-state index is 0.285. The van der Waals surface area contributed by atoms with Crippen molar-refractivity contribution in [3.8, 4) is 0 Å². The second-order valence-corrected chi connectivity index (χ2v) is 4.31. The fourth-order valence-corrected chi connectivity index (χ4v) is 1.94. The molecular formula is C9H13BrN4O. The summed E-state index contributed by atoms with van der Waals surface area (Å²) >= 11 is 3.28. The number of nitrogens with one attached hydrogen (secondary N) is 1. The van der Waals surface area contributed by atoms with Gasteiger partial charge in [-0.1, -0.05) is 0 Å². The third-order valence-corrected chi connectivity index (χ3v) is 2.61. The van der Waals surface area contributed by atoms with Crippen LogP contribution < -0.4 is 11.1 Å². The third kappa shape index (κ3) is 3.04. The fourth-order valence-electron chi connectivity index (χ4n) is 1.54. The minimum Gasteiger partial charge on any atom is -0.383 e. The van der Waals surface area contributed by atoms with E-state index in [4.69, 9.17) is 10.5 Å². The number of nitrogens with two attached hydrogens (primary N) is 1. The SMILES string of the molecule is Nc1cc(Br)nc(NC2CCCOC2)n1. The van der Waals surface area contributed by atoms with Crippen LogP contribution in [-0.4, -0.2) is 29.2 Å². The van der Waals surface area contributed by atoms with E-state index >= 15 is 0 Å². The number of hydrogen-bond acceptors (Lipinski definition) is 5. The van der Waals surface area contributed by atoms with Crippen molar-refractivity contribution in [3.05, 3.63) is 10.7 Å². The molecule has 82 valence electrons. The molecule has 0 bridgehead atoms. The van der Waals surface area contributed by atoms with E-state index in [1.54, 1.807) is 6.07 Å². The van der Waals surface area contributed by atoms with Gasteiger partial charge in [-0.05, 0) is 28.8 Å². The van der Waals surface area contributed by atoms with Gasteiger partial charge in [-0.2, -0.15) is 4.98 Å². The summed E-state index contributed by atoms with van der Waals surface area (Å²) in [4.78, 5) is 8.29. The Hall–Kier alpha value is -0.880. The highest BCUT2D eigenvalue weighted by molar-refractivity contribution is 9.10. The number of anilines is 2. The van der Waals surface area contributed by atoms with Crippen molar-refractivity contribution in [3.63, 3.8) is 0 Å². The van der Waals surface area contributed by atoms with Crippen molar-refractivity contribution < 1.29 is 4.74 Å². The van der Waals surface area contributed by atoms with Crippen LogP contribution in [0.15, 0.2) is 10.7 Å². The Labute approximate surface area is 96.6 Å². The van der Waals surface area contributed by atoms with Crippen LogP contribution in [0.25, 0.3) is 0 Å². The Kier molecular flexibility index (Phi) is 3.37. The van der Waals surface area contributed by atoms with Gasteiger partial charge in [0.2, 0.25) is 5.95 Å². The molecule has 0 radical (unpaired) electrons. The van der Waals surface area contributed by atoms with Crippen LogP contribution in [0.1, 0.15) is 12.8 Å². The second-order valence-electron chi connectivity index (χ2n) is 3.50. The van der Waals surface area contributed by atoms with Crippen LogP contribution in [0.2, 0.25) is 0 Å². The summed E-state index contributed by atoms with van der Waals surface area (Å²) in [5, 5.41) is 3.21. The maximum atomic E-state index is 5.61. The van der Waals surface area contributed by atoms with Crippen molar-refractivity contribution >= 4 is 27.7 Å². The quantitative estimate of drug-likeness (QED) is 0.797. The molecule has 0 saturated carbocycles. The van der Waals surface area contributed by atoms with E-state index in [-0.39, 0.29) is 6.04 Å². The van der Waals surface area contributed by atoms with E-state index in [1.165, 1.54) is 0 Å². The van der Waals surface area contributed by atoms with Gasteiger partial charge in [-0.15, -0.1) is 0 Å². The molecule has 1 aromatic rings. The average molecular weight is 273 g/mol. The molecule has 3 N–H and O–H groups in total. The van der Waals surface area contributed by atoms with E-state index in [2.05, 4.69) is 31.2 Å². The largest absolute Gasteiger partial charge is 0.383 e. The van der Waals surface area contributed by atoms with Crippen LogP contribution in [0.3, 0.4) is 0 Å². The topological polar surface area (TPSA) is 73.1 Å². The molecule has 2 rings (SSSR count). The molecule has 0 amide bonds. The summed E-state index contributed by atoms with van der Waals surface area (Å²) in [6.07, 6.45) is 2.15. The molecule has 1 aliphatic rings. The Morgan fingerprint density at radius 3 is 3.07 bits per heavy atom. The second kappa shape index (κ2) is 4.76. The molecule has 0 spiro atoms. The smallest absolute Gasteiger partial charge is 0.226 e. The van der Waals surface area contributed by atoms with Gasteiger partial charge in [0.25, 0.3) is 0 Å². The van der Waals surface area contributed by atoms with Crippen molar-refractivity contribution in [1.29, 1.82) is 0 Å². The Morgan fingerprint density at radius 1 is 1.53 bits per heavy atom. The first-order valence-corrected chi connectivity index (χ1v) is 5.67. The summed E-state index contributed by atoms with van der Waals surface area (Å²) in [7, 11) is 0. The zero-order chi connectivity index (χ0) is 10.7. The van der Waals surface area contributed by atoms with Crippen molar-refractivity contribution in [2.24, 2.45) is 0 Å². The molecule has 6 heteroatoms. The monoisotopic (exact) mass is 272 g/mol. The summed E-state index contributed by atoms with van der Waals surface area (Å²) in [5.41, 5.74) is 5.61. The molecule has 5 nitrogen and oxygen atoms in total. The van der Waals surface area contributed by atoms with Crippen LogP contribution in [0.4, 0.5) is 11.8 Å². The molecule has 1 unspecified atom stereocenters. The molecule has 0 aromatic carbocycles. The summed E-state index contributed by atoms with van der Waals surface area (Å²) in [6, 6.07) is 1.95. The highest BCUT2D eigenvalue weighted by Gasteiger charge is 2.14. The van der Waals surface area contributed by atoms with E-state index in [0.29, 0.717) is 23.0 Å². The summed E-state index contributed by atoms with van der Waals surface area (Å²) < 4.78 is 6.04. The molecule has 1 saturated heterocycles. The van der Waals surface area contributed by atoms with E-state index in [0.717, 1.165) is 19.4 Å². The molecule has 1 fully saturated rings. The zero-order valence-electron chi connectivity index (χ0n) is 8.24. The third-order valence-electron chi connectivity index (χ3n) is 2.21.